The molecule has 6 heteroatoms. The van der Waals surface area contributed by atoms with Crippen molar-refractivity contribution in [2.75, 3.05) is 13.1 Å². The van der Waals surface area contributed by atoms with Gasteiger partial charge in [-0.05, 0) is 36.8 Å². The van der Waals surface area contributed by atoms with Crippen LogP contribution in [0.15, 0.2) is 36.7 Å². The Morgan fingerprint density at radius 3 is 2.74 bits per heavy atom. The summed E-state index contributed by atoms with van der Waals surface area (Å²) in [4.78, 5) is 28.9. The standard InChI is InChI=1S/C21H22N4OS/c26-21(25-12-9-14-5-1-2-6-15(14)13-25)19-18(22-10-11-23-19)20-24-16-7-3-4-8-17(16)27-20/h3-4,7-8,10-11,14-15H,1-2,5-6,9,12-13H2/t14-,15-/m1/s1. The third-order valence-corrected chi connectivity index (χ3v) is 7.02. The van der Waals surface area contributed by atoms with Crippen molar-refractivity contribution in [3.63, 3.8) is 0 Å². The summed E-state index contributed by atoms with van der Waals surface area (Å²) < 4.78 is 1.10. The van der Waals surface area contributed by atoms with Crippen LogP contribution in [0.1, 0.15) is 42.6 Å². The molecule has 1 saturated heterocycles. The van der Waals surface area contributed by atoms with Crippen LogP contribution in [0.5, 0.6) is 0 Å². The molecule has 0 bridgehead atoms. The number of thiazole rings is 1. The molecule has 5 nitrogen and oxygen atoms in total. The smallest absolute Gasteiger partial charge is 0.274 e. The van der Waals surface area contributed by atoms with E-state index in [1.807, 2.05) is 29.2 Å². The Balaban J connectivity index is 1.46. The number of likely N-dealkylation sites (tertiary alicyclic amines) is 1. The summed E-state index contributed by atoms with van der Waals surface area (Å²) in [6.45, 7) is 1.69. The Morgan fingerprint density at radius 2 is 1.85 bits per heavy atom. The molecule has 1 aromatic carbocycles. The van der Waals surface area contributed by atoms with Gasteiger partial charge in [0.25, 0.3) is 5.91 Å². The molecular formula is C21H22N4OS. The summed E-state index contributed by atoms with van der Waals surface area (Å²) in [6.07, 6.45) is 9.59. The summed E-state index contributed by atoms with van der Waals surface area (Å²) in [5.41, 5.74) is 1.98. The number of carbonyl (C=O) groups is 1. The molecule has 0 N–H and O–H groups in total. The maximum absolute atomic E-state index is 13.3. The minimum Gasteiger partial charge on any atom is -0.337 e. The summed E-state index contributed by atoms with van der Waals surface area (Å²) >= 11 is 1.56. The van der Waals surface area contributed by atoms with E-state index < -0.39 is 0 Å². The number of fused-ring (bicyclic) bond motifs is 2. The molecule has 1 aliphatic carbocycles. The Hall–Kier alpha value is -2.34. The number of hydrogen-bond acceptors (Lipinski definition) is 5. The molecule has 138 valence electrons. The van der Waals surface area contributed by atoms with E-state index in [0.717, 1.165) is 40.7 Å². The highest BCUT2D eigenvalue weighted by Gasteiger charge is 2.34. The van der Waals surface area contributed by atoms with Crippen molar-refractivity contribution in [2.45, 2.75) is 32.1 Å². The van der Waals surface area contributed by atoms with Gasteiger partial charge in [0.05, 0.1) is 10.2 Å². The van der Waals surface area contributed by atoms with Crippen molar-refractivity contribution in [1.82, 2.24) is 19.9 Å². The van der Waals surface area contributed by atoms with Crippen LogP contribution in [0, 0.1) is 11.8 Å². The van der Waals surface area contributed by atoms with E-state index >= 15 is 0 Å². The van der Waals surface area contributed by atoms with E-state index in [1.165, 1.54) is 25.7 Å². The van der Waals surface area contributed by atoms with Crippen LogP contribution in [-0.2, 0) is 0 Å². The highest BCUT2D eigenvalue weighted by molar-refractivity contribution is 7.21. The lowest BCUT2D eigenvalue weighted by atomic mass is 9.75. The summed E-state index contributed by atoms with van der Waals surface area (Å²) in [7, 11) is 0. The van der Waals surface area contributed by atoms with E-state index in [4.69, 9.17) is 0 Å². The fourth-order valence-corrected chi connectivity index (χ4v) is 5.52. The van der Waals surface area contributed by atoms with Crippen LogP contribution in [0.25, 0.3) is 20.9 Å². The monoisotopic (exact) mass is 378 g/mol. The number of carbonyl (C=O) groups excluding carboxylic acids is 1. The molecule has 0 spiro atoms. The number of benzene rings is 1. The fourth-order valence-electron chi connectivity index (χ4n) is 4.56. The van der Waals surface area contributed by atoms with E-state index in [0.29, 0.717) is 17.3 Å². The van der Waals surface area contributed by atoms with E-state index in [-0.39, 0.29) is 5.91 Å². The minimum atomic E-state index is 0.00128. The molecule has 1 amide bonds. The van der Waals surface area contributed by atoms with Gasteiger partial charge >= 0.3 is 0 Å². The normalized spacial score (nSPS) is 22.6. The van der Waals surface area contributed by atoms with Gasteiger partial charge < -0.3 is 4.90 Å². The first-order valence-corrected chi connectivity index (χ1v) is 10.6. The molecule has 2 fully saturated rings. The second kappa shape index (κ2) is 7.00. The van der Waals surface area contributed by atoms with Crippen LogP contribution >= 0.6 is 11.3 Å². The molecule has 2 aliphatic rings. The lowest BCUT2D eigenvalue weighted by Crippen LogP contribution is -2.45. The first kappa shape index (κ1) is 16.8. The number of para-hydroxylation sites is 1. The number of piperidine rings is 1. The minimum absolute atomic E-state index is 0.00128. The molecule has 3 aromatic rings. The lowest BCUT2D eigenvalue weighted by Gasteiger charge is -2.41. The second-order valence-electron chi connectivity index (χ2n) is 7.58. The summed E-state index contributed by atoms with van der Waals surface area (Å²) in [6, 6.07) is 8.01. The van der Waals surface area contributed by atoms with Crippen LogP contribution < -0.4 is 0 Å². The SMILES string of the molecule is O=C(c1nccnc1-c1nc2ccccc2s1)N1CC[C@H]2CCCC[C@@H]2C1. The molecule has 1 aliphatic heterocycles. The van der Waals surface area contributed by atoms with Crippen LogP contribution in [0.4, 0.5) is 0 Å². The third-order valence-electron chi connectivity index (χ3n) is 5.98. The lowest BCUT2D eigenvalue weighted by molar-refractivity contribution is 0.0516. The van der Waals surface area contributed by atoms with E-state index in [9.17, 15) is 4.79 Å². The number of rotatable bonds is 2. The molecule has 5 rings (SSSR count). The number of hydrogen-bond donors (Lipinski definition) is 0. The first-order valence-electron chi connectivity index (χ1n) is 9.76. The quantitative estimate of drug-likeness (QED) is 0.663. The van der Waals surface area contributed by atoms with Crippen molar-refractivity contribution < 1.29 is 4.79 Å². The summed E-state index contributed by atoms with van der Waals surface area (Å²) in [5, 5.41) is 0.764. The van der Waals surface area contributed by atoms with E-state index in [1.54, 1.807) is 23.7 Å². The number of nitrogens with zero attached hydrogens (tertiary/aromatic N) is 4. The topological polar surface area (TPSA) is 59.0 Å². The van der Waals surface area contributed by atoms with Crippen molar-refractivity contribution >= 4 is 27.5 Å². The molecule has 0 unspecified atom stereocenters. The van der Waals surface area contributed by atoms with Gasteiger partial charge in [-0.15, -0.1) is 11.3 Å². The van der Waals surface area contributed by atoms with Gasteiger partial charge in [0.2, 0.25) is 0 Å². The predicted molar refractivity (Wildman–Crippen MR) is 107 cm³/mol. The van der Waals surface area contributed by atoms with Crippen LogP contribution in [0.3, 0.4) is 0 Å². The zero-order valence-electron chi connectivity index (χ0n) is 15.2. The first-order chi connectivity index (χ1) is 13.3. The third kappa shape index (κ3) is 3.12. The number of amides is 1. The average Bonchev–Trinajstić information content (AvgIpc) is 3.17. The number of aromatic nitrogens is 3. The molecule has 2 atom stereocenters. The zero-order valence-corrected chi connectivity index (χ0v) is 16.0. The Labute approximate surface area is 162 Å². The Bertz CT molecular complexity index is 952. The molecule has 1 saturated carbocycles. The van der Waals surface area contributed by atoms with Gasteiger partial charge in [-0.2, -0.15) is 0 Å². The highest BCUT2D eigenvalue weighted by Crippen LogP contribution is 2.37. The van der Waals surface area contributed by atoms with Gasteiger partial charge in [0, 0.05) is 25.5 Å². The Morgan fingerprint density at radius 1 is 1.04 bits per heavy atom. The molecule has 2 aromatic heterocycles. The molecule has 3 heterocycles. The van der Waals surface area contributed by atoms with Gasteiger partial charge in [-0.3, -0.25) is 4.79 Å². The van der Waals surface area contributed by atoms with Crippen molar-refractivity contribution in [3.05, 3.63) is 42.4 Å². The maximum atomic E-state index is 13.3. The van der Waals surface area contributed by atoms with Crippen LogP contribution in [0.2, 0.25) is 0 Å². The fraction of sp³-hybridized carbons (Fsp3) is 0.429. The Kier molecular flexibility index (Phi) is 4.36. The average molecular weight is 379 g/mol. The van der Waals surface area contributed by atoms with Crippen molar-refractivity contribution in [3.8, 4) is 10.7 Å². The van der Waals surface area contributed by atoms with Crippen molar-refractivity contribution in [2.24, 2.45) is 11.8 Å². The zero-order chi connectivity index (χ0) is 18.2. The molecule has 27 heavy (non-hydrogen) atoms. The molecular weight excluding hydrogens is 356 g/mol. The maximum Gasteiger partial charge on any atom is 0.274 e. The largest absolute Gasteiger partial charge is 0.337 e. The summed E-state index contributed by atoms with van der Waals surface area (Å²) in [5.74, 6) is 1.45. The van der Waals surface area contributed by atoms with Gasteiger partial charge in [-0.1, -0.05) is 31.4 Å². The van der Waals surface area contributed by atoms with Gasteiger partial charge in [0.15, 0.2) is 5.69 Å². The van der Waals surface area contributed by atoms with Gasteiger partial charge in [0.1, 0.15) is 10.7 Å². The van der Waals surface area contributed by atoms with Gasteiger partial charge in [-0.25, -0.2) is 15.0 Å². The second-order valence-corrected chi connectivity index (χ2v) is 8.62. The van der Waals surface area contributed by atoms with Crippen molar-refractivity contribution in [1.29, 1.82) is 0 Å². The highest BCUT2D eigenvalue weighted by atomic mass is 32.1. The predicted octanol–water partition coefficient (Wildman–Crippen LogP) is 4.41. The van der Waals surface area contributed by atoms with E-state index in [2.05, 4.69) is 15.0 Å². The molecule has 0 radical (unpaired) electrons. The van der Waals surface area contributed by atoms with Crippen LogP contribution in [-0.4, -0.2) is 38.8 Å².